The van der Waals surface area contributed by atoms with E-state index in [9.17, 15) is 14.0 Å². The molecule has 5 nitrogen and oxygen atoms in total. The molecule has 0 N–H and O–H groups in total. The van der Waals surface area contributed by atoms with E-state index in [1.807, 2.05) is 0 Å². The average Bonchev–Trinajstić information content (AvgIpc) is 2.44. The van der Waals surface area contributed by atoms with E-state index in [1.54, 1.807) is 6.07 Å². The van der Waals surface area contributed by atoms with Crippen molar-refractivity contribution >= 4 is 58.4 Å². The third kappa shape index (κ3) is 4.03. The van der Waals surface area contributed by atoms with E-state index < -0.39 is 25.8 Å². The maximum atomic E-state index is 14.0. The Labute approximate surface area is 152 Å². The van der Waals surface area contributed by atoms with E-state index in [0.717, 1.165) is 16.8 Å². The summed E-state index contributed by atoms with van der Waals surface area (Å²) >= 11 is 22.6. The van der Waals surface area contributed by atoms with Crippen molar-refractivity contribution in [3.05, 3.63) is 61.6 Å². The molecule has 2 aromatic rings. The Morgan fingerprint density at radius 1 is 1.26 bits per heavy atom. The molecule has 0 unspecified atom stereocenters. The van der Waals surface area contributed by atoms with Crippen LogP contribution >= 0.6 is 58.4 Å². The van der Waals surface area contributed by atoms with E-state index >= 15 is 0 Å². The summed E-state index contributed by atoms with van der Waals surface area (Å²) in [5.41, 5.74) is -2.61. The van der Waals surface area contributed by atoms with Crippen molar-refractivity contribution in [1.29, 1.82) is 5.26 Å². The first-order valence-electron chi connectivity index (χ1n) is 5.64. The van der Waals surface area contributed by atoms with E-state index in [-0.39, 0.29) is 22.7 Å². The zero-order valence-corrected chi connectivity index (χ0v) is 14.6. The van der Waals surface area contributed by atoms with Gasteiger partial charge < -0.3 is 0 Å². The van der Waals surface area contributed by atoms with Gasteiger partial charge in [0.05, 0.1) is 5.69 Å². The zero-order chi connectivity index (χ0) is 17.4. The van der Waals surface area contributed by atoms with Crippen LogP contribution in [0.5, 0.6) is 0 Å². The molecule has 120 valence electrons. The normalized spacial score (nSPS) is 11.3. The number of rotatable bonds is 2. The van der Waals surface area contributed by atoms with E-state index in [4.69, 9.17) is 51.7 Å². The molecule has 1 heterocycles. The first-order chi connectivity index (χ1) is 10.6. The van der Waals surface area contributed by atoms with Crippen molar-refractivity contribution in [2.75, 3.05) is 0 Å². The van der Waals surface area contributed by atoms with Crippen LogP contribution in [0, 0.1) is 17.1 Å². The van der Waals surface area contributed by atoms with E-state index in [0.29, 0.717) is 3.97 Å². The number of aromatic nitrogens is 2. The number of nitrogens with zero attached hydrogens (tertiary/aromatic N) is 3. The van der Waals surface area contributed by atoms with Crippen LogP contribution in [0.25, 0.3) is 5.69 Å². The van der Waals surface area contributed by atoms with Crippen molar-refractivity contribution in [1.82, 2.24) is 8.54 Å². The van der Waals surface area contributed by atoms with Crippen LogP contribution < -0.4 is 11.2 Å². The van der Waals surface area contributed by atoms with E-state index in [1.165, 1.54) is 12.1 Å². The number of alkyl halides is 3. The number of benzene rings is 1. The lowest BCUT2D eigenvalue weighted by atomic mass is 10.3. The molecule has 1 aromatic heterocycles. The summed E-state index contributed by atoms with van der Waals surface area (Å²) < 4.78 is 13.2. The molecule has 0 saturated heterocycles. The van der Waals surface area contributed by atoms with Crippen LogP contribution in [0.1, 0.15) is 5.56 Å². The smallest absolute Gasteiger partial charge is 0.267 e. The molecule has 0 spiro atoms. The molecule has 0 aliphatic rings. The quantitative estimate of drug-likeness (QED) is 0.705. The Kier molecular flexibility index (Phi) is 5.33. The van der Waals surface area contributed by atoms with Crippen LogP contribution in [0.3, 0.4) is 0 Å². The van der Waals surface area contributed by atoms with Crippen molar-refractivity contribution in [2.45, 2.75) is 3.12 Å². The number of hydrogen-bond donors (Lipinski definition) is 0. The predicted molar refractivity (Wildman–Crippen MR) is 89.3 cm³/mol. The van der Waals surface area contributed by atoms with Crippen LogP contribution in [0.4, 0.5) is 4.39 Å². The van der Waals surface area contributed by atoms with Gasteiger partial charge in [0, 0.05) is 23.2 Å². The third-order valence-electron chi connectivity index (χ3n) is 2.54. The lowest BCUT2D eigenvalue weighted by molar-refractivity contribution is 0.613. The second kappa shape index (κ2) is 6.75. The first-order valence-corrected chi connectivity index (χ1v) is 7.93. The van der Waals surface area contributed by atoms with Gasteiger partial charge in [0.1, 0.15) is 17.4 Å². The molecule has 0 aliphatic heterocycles. The molecule has 0 fully saturated rings. The molecular weight excluding hydrogens is 411 g/mol. The molecule has 2 rings (SSSR count). The minimum atomic E-state index is -2.03. The zero-order valence-electron chi connectivity index (χ0n) is 10.8. The molecule has 0 aliphatic carbocycles. The molecule has 1 aromatic carbocycles. The summed E-state index contributed by atoms with van der Waals surface area (Å²) in [6, 6.07) is 5.15. The van der Waals surface area contributed by atoms with Gasteiger partial charge in [-0.25, -0.2) is 9.18 Å². The summed E-state index contributed by atoms with van der Waals surface area (Å²) in [6.07, 6.45) is 0.909. The van der Waals surface area contributed by atoms with Crippen LogP contribution in [0.15, 0.2) is 34.0 Å². The number of halogens is 5. The lowest BCUT2D eigenvalue weighted by Crippen LogP contribution is -2.38. The molecule has 0 atom stereocenters. The fourth-order valence-electron chi connectivity index (χ4n) is 1.64. The molecule has 0 saturated carbocycles. The first kappa shape index (κ1) is 18.2. The molecular formula is C12H4Cl4FN3O2S. The molecule has 0 bridgehead atoms. The van der Waals surface area contributed by atoms with Gasteiger partial charge in [-0.1, -0.05) is 46.4 Å². The van der Waals surface area contributed by atoms with Gasteiger partial charge in [-0.3, -0.25) is 9.36 Å². The van der Waals surface area contributed by atoms with Crippen LogP contribution in [-0.4, -0.2) is 11.7 Å². The fraction of sp³-hybridized carbons (Fsp3) is 0.0833. The van der Waals surface area contributed by atoms with Gasteiger partial charge >= 0.3 is 5.69 Å². The van der Waals surface area contributed by atoms with Gasteiger partial charge in [0.2, 0.25) is 0 Å². The molecule has 0 radical (unpaired) electrons. The van der Waals surface area contributed by atoms with Gasteiger partial charge in [0.25, 0.3) is 8.68 Å². The minimum absolute atomic E-state index is 0.115. The Bertz CT molecular complexity index is 930. The highest BCUT2D eigenvalue weighted by molar-refractivity contribution is 8.03. The summed E-state index contributed by atoms with van der Waals surface area (Å²) in [6.45, 7) is 0. The van der Waals surface area contributed by atoms with Crippen LogP contribution in [0.2, 0.25) is 5.02 Å². The Balaban J connectivity index is 2.80. The highest BCUT2D eigenvalue weighted by Gasteiger charge is 2.26. The Hall–Kier alpha value is -1.17. The van der Waals surface area contributed by atoms with Crippen molar-refractivity contribution < 1.29 is 4.39 Å². The SMILES string of the molecule is N#Cc1cn(-c2ccc(Cl)cc2F)c(=O)n(SC(Cl)(Cl)Cl)c1=O. The Morgan fingerprint density at radius 3 is 2.43 bits per heavy atom. The second-order valence-corrected chi connectivity index (χ2v) is 8.59. The van der Waals surface area contributed by atoms with Crippen LogP contribution in [-0.2, 0) is 0 Å². The fourth-order valence-corrected chi connectivity index (χ4v) is 2.98. The van der Waals surface area contributed by atoms with E-state index in [2.05, 4.69) is 0 Å². The number of hydrogen-bond acceptors (Lipinski definition) is 4. The highest BCUT2D eigenvalue weighted by Crippen LogP contribution is 2.38. The monoisotopic (exact) mass is 413 g/mol. The Morgan fingerprint density at radius 2 is 1.91 bits per heavy atom. The summed E-state index contributed by atoms with van der Waals surface area (Å²) in [5.74, 6) is -0.826. The van der Waals surface area contributed by atoms with Gasteiger partial charge in [-0.15, -0.1) is 0 Å². The van der Waals surface area contributed by atoms with Gasteiger partial charge in [0.15, 0.2) is 0 Å². The maximum absolute atomic E-state index is 14.0. The third-order valence-corrected chi connectivity index (χ3v) is 4.11. The molecule has 11 heteroatoms. The largest absolute Gasteiger partial charge is 0.346 e. The topological polar surface area (TPSA) is 67.8 Å². The van der Waals surface area contributed by atoms with Crippen molar-refractivity contribution in [3.8, 4) is 11.8 Å². The van der Waals surface area contributed by atoms with Crippen molar-refractivity contribution in [3.63, 3.8) is 0 Å². The summed E-state index contributed by atoms with van der Waals surface area (Å²) in [5, 5.41) is 9.13. The van der Waals surface area contributed by atoms with Gasteiger partial charge in [-0.05, 0) is 18.2 Å². The second-order valence-electron chi connectivity index (χ2n) is 4.04. The maximum Gasteiger partial charge on any atom is 0.346 e. The van der Waals surface area contributed by atoms with Gasteiger partial charge in [-0.2, -0.15) is 9.23 Å². The predicted octanol–water partition coefficient (Wildman–Crippen LogP) is 3.49. The molecule has 23 heavy (non-hydrogen) atoms. The average molecular weight is 415 g/mol. The summed E-state index contributed by atoms with van der Waals surface area (Å²) in [7, 11) is 0. The minimum Gasteiger partial charge on any atom is -0.267 e. The molecule has 0 amide bonds. The highest BCUT2D eigenvalue weighted by atomic mass is 35.6. The standard InChI is InChI=1S/C12H4Cl4FN3O2S/c13-7-1-2-9(8(17)3-7)19-5-6(4-18)10(21)20(11(19)22)23-12(14,15)16/h1-3,5H. The van der Waals surface area contributed by atoms with Crippen molar-refractivity contribution in [2.24, 2.45) is 0 Å². The number of nitriles is 1. The summed E-state index contributed by atoms with van der Waals surface area (Å²) in [4.78, 5) is 24.4. The lowest BCUT2D eigenvalue weighted by Gasteiger charge is -2.14.